The first-order valence-corrected chi connectivity index (χ1v) is 14.5. The van der Waals surface area contributed by atoms with Crippen LogP contribution in [0.3, 0.4) is 0 Å². The predicted octanol–water partition coefficient (Wildman–Crippen LogP) is 4.08. The Bertz CT molecular complexity index is 1300. The third kappa shape index (κ3) is 5.51. The monoisotopic (exact) mass is 528 g/mol. The minimum Gasteiger partial charge on any atom is -0.336 e. The van der Waals surface area contributed by atoms with Crippen LogP contribution in [0.25, 0.3) is 11.3 Å². The lowest BCUT2D eigenvalue weighted by atomic mass is 10.2. The molecule has 0 N–H and O–H groups in total. The van der Waals surface area contributed by atoms with Crippen LogP contribution in [0, 0.1) is 5.82 Å². The van der Waals surface area contributed by atoms with E-state index in [9.17, 15) is 17.6 Å². The van der Waals surface area contributed by atoms with Gasteiger partial charge in [-0.05, 0) is 61.4 Å². The summed E-state index contributed by atoms with van der Waals surface area (Å²) in [6.45, 7) is 4.49. The zero-order valence-electron chi connectivity index (χ0n) is 20.0. The van der Waals surface area contributed by atoms with Gasteiger partial charge < -0.3 is 4.90 Å². The van der Waals surface area contributed by atoms with Crippen molar-refractivity contribution in [1.29, 1.82) is 0 Å². The standard InChI is InChI=1S/C26H29FN4O3S2/c27-22-8-4-20(5-9-22)24-19-35-25(28-24)18-29-14-16-30(17-15-29)26(32)21-6-10-23(11-7-21)36(33,34)31-12-2-1-3-13-31/h4-11,19H,1-3,12-18H2. The summed E-state index contributed by atoms with van der Waals surface area (Å²) in [6, 6.07) is 12.7. The predicted molar refractivity (Wildman–Crippen MR) is 138 cm³/mol. The van der Waals surface area contributed by atoms with Crippen LogP contribution < -0.4 is 0 Å². The summed E-state index contributed by atoms with van der Waals surface area (Å²) < 4.78 is 40.4. The summed E-state index contributed by atoms with van der Waals surface area (Å²) in [4.78, 5) is 22.0. The molecule has 0 bridgehead atoms. The van der Waals surface area contributed by atoms with Gasteiger partial charge in [0, 0.05) is 55.8 Å². The van der Waals surface area contributed by atoms with Crippen LogP contribution in [0.15, 0.2) is 58.8 Å². The first-order chi connectivity index (χ1) is 17.4. The fourth-order valence-corrected chi connectivity index (χ4v) is 7.01. The second-order valence-electron chi connectivity index (χ2n) is 9.19. The van der Waals surface area contributed by atoms with E-state index in [1.54, 1.807) is 47.7 Å². The zero-order valence-corrected chi connectivity index (χ0v) is 21.6. The van der Waals surface area contributed by atoms with Crippen LogP contribution in [0.5, 0.6) is 0 Å². The molecule has 2 fully saturated rings. The third-order valence-electron chi connectivity index (χ3n) is 6.76. The quantitative estimate of drug-likeness (QED) is 0.482. The number of thiazole rings is 1. The van der Waals surface area contributed by atoms with E-state index in [1.807, 2.05) is 10.3 Å². The average molecular weight is 529 g/mol. The number of nitrogens with zero attached hydrogens (tertiary/aromatic N) is 4. The summed E-state index contributed by atoms with van der Waals surface area (Å²) in [6.07, 6.45) is 2.84. The van der Waals surface area contributed by atoms with E-state index in [0.717, 1.165) is 48.6 Å². The SMILES string of the molecule is O=C(c1ccc(S(=O)(=O)N2CCCCC2)cc1)N1CCN(Cc2nc(-c3ccc(F)cc3)cs2)CC1. The number of carbonyl (C=O) groups is 1. The van der Waals surface area contributed by atoms with Gasteiger partial charge in [-0.25, -0.2) is 17.8 Å². The highest BCUT2D eigenvalue weighted by Crippen LogP contribution is 2.24. The van der Waals surface area contributed by atoms with Crippen LogP contribution in [-0.4, -0.2) is 72.7 Å². The van der Waals surface area contributed by atoms with Gasteiger partial charge in [-0.3, -0.25) is 9.69 Å². The molecule has 7 nitrogen and oxygen atoms in total. The van der Waals surface area contributed by atoms with Crippen molar-refractivity contribution < 1.29 is 17.6 Å². The van der Waals surface area contributed by atoms with Gasteiger partial charge in [-0.15, -0.1) is 11.3 Å². The number of amides is 1. The van der Waals surface area contributed by atoms with Gasteiger partial charge in [0.2, 0.25) is 10.0 Å². The zero-order chi connectivity index (χ0) is 25.1. The molecular weight excluding hydrogens is 499 g/mol. The van der Waals surface area contributed by atoms with Gasteiger partial charge in [0.15, 0.2) is 0 Å². The number of piperazine rings is 1. The Labute approximate surface area is 215 Å². The number of benzene rings is 2. The van der Waals surface area contributed by atoms with Crippen molar-refractivity contribution in [3.05, 3.63) is 70.3 Å². The molecule has 3 aromatic rings. The van der Waals surface area contributed by atoms with Crippen molar-refractivity contribution in [2.45, 2.75) is 30.7 Å². The minimum absolute atomic E-state index is 0.0792. The van der Waals surface area contributed by atoms with Crippen molar-refractivity contribution in [3.8, 4) is 11.3 Å². The summed E-state index contributed by atoms with van der Waals surface area (Å²) >= 11 is 1.58. The molecular formula is C26H29FN4O3S2. The molecule has 10 heteroatoms. The van der Waals surface area contributed by atoms with E-state index < -0.39 is 10.0 Å². The Kier molecular flexibility index (Phi) is 7.47. The molecule has 0 radical (unpaired) electrons. The van der Waals surface area contributed by atoms with E-state index in [2.05, 4.69) is 9.88 Å². The highest BCUT2D eigenvalue weighted by molar-refractivity contribution is 7.89. The van der Waals surface area contributed by atoms with E-state index in [4.69, 9.17) is 0 Å². The molecule has 36 heavy (non-hydrogen) atoms. The molecule has 2 aliphatic rings. The molecule has 0 spiro atoms. The molecule has 190 valence electrons. The van der Waals surface area contributed by atoms with Crippen LogP contribution in [0.1, 0.15) is 34.6 Å². The molecule has 0 unspecified atom stereocenters. The van der Waals surface area contributed by atoms with E-state index >= 15 is 0 Å². The molecule has 2 aromatic carbocycles. The Hall–Kier alpha value is -2.66. The maximum absolute atomic E-state index is 13.2. The van der Waals surface area contributed by atoms with Gasteiger partial charge >= 0.3 is 0 Å². The van der Waals surface area contributed by atoms with Crippen LogP contribution in [-0.2, 0) is 16.6 Å². The number of rotatable bonds is 6. The Morgan fingerprint density at radius 2 is 1.56 bits per heavy atom. The molecule has 2 saturated heterocycles. The lowest BCUT2D eigenvalue weighted by Crippen LogP contribution is -2.48. The second-order valence-corrected chi connectivity index (χ2v) is 12.1. The number of carbonyl (C=O) groups excluding carboxylic acids is 1. The number of aromatic nitrogens is 1. The van der Waals surface area contributed by atoms with Crippen molar-refractivity contribution in [1.82, 2.24) is 19.1 Å². The first kappa shape index (κ1) is 25.0. The van der Waals surface area contributed by atoms with E-state index in [-0.39, 0.29) is 16.6 Å². The summed E-state index contributed by atoms with van der Waals surface area (Å²) in [5, 5.41) is 2.97. The van der Waals surface area contributed by atoms with Crippen molar-refractivity contribution >= 4 is 27.3 Å². The summed E-state index contributed by atoms with van der Waals surface area (Å²) in [7, 11) is -3.50. The summed E-state index contributed by atoms with van der Waals surface area (Å²) in [5.41, 5.74) is 2.24. The molecule has 1 amide bonds. The van der Waals surface area contributed by atoms with E-state index in [0.29, 0.717) is 38.3 Å². The lowest BCUT2D eigenvalue weighted by molar-refractivity contribution is 0.0628. The average Bonchev–Trinajstić information content (AvgIpc) is 3.38. The second kappa shape index (κ2) is 10.8. The maximum Gasteiger partial charge on any atom is 0.253 e. The molecule has 3 heterocycles. The maximum atomic E-state index is 13.2. The van der Waals surface area contributed by atoms with Crippen LogP contribution in [0.4, 0.5) is 4.39 Å². The third-order valence-corrected chi connectivity index (χ3v) is 9.51. The lowest BCUT2D eigenvalue weighted by Gasteiger charge is -2.34. The van der Waals surface area contributed by atoms with Crippen molar-refractivity contribution in [2.75, 3.05) is 39.3 Å². The van der Waals surface area contributed by atoms with Gasteiger partial charge in [-0.1, -0.05) is 6.42 Å². The Balaban J connectivity index is 1.15. The highest BCUT2D eigenvalue weighted by Gasteiger charge is 2.27. The number of sulfonamides is 1. The fourth-order valence-electron chi connectivity index (χ4n) is 4.64. The van der Waals surface area contributed by atoms with Gasteiger partial charge in [0.25, 0.3) is 5.91 Å². The number of halogens is 1. The largest absolute Gasteiger partial charge is 0.336 e. The number of piperidine rings is 1. The Morgan fingerprint density at radius 1 is 0.889 bits per heavy atom. The molecule has 2 aliphatic heterocycles. The Morgan fingerprint density at radius 3 is 2.22 bits per heavy atom. The minimum atomic E-state index is -3.50. The smallest absolute Gasteiger partial charge is 0.253 e. The van der Waals surface area contributed by atoms with E-state index in [1.165, 1.54) is 16.4 Å². The summed E-state index contributed by atoms with van der Waals surface area (Å²) in [5.74, 6) is -0.343. The van der Waals surface area contributed by atoms with Gasteiger partial charge in [0.1, 0.15) is 10.8 Å². The fraction of sp³-hybridized carbons (Fsp3) is 0.385. The molecule has 0 aliphatic carbocycles. The van der Waals surface area contributed by atoms with Crippen LogP contribution >= 0.6 is 11.3 Å². The van der Waals surface area contributed by atoms with Crippen molar-refractivity contribution in [2.24, 2.45) is 0 Å². The normalized spacial score (nSPS) is 17.9. The van der Waals surface area contributed by atoms with Crippen LogP contribution in [0.2, 0.25) is 0 Å². The topological polar surface area (TPSA) is 73.8 Å². The highest BCUT2D eigenvalue weighted by atomic mass is 32.2. The number of hydrogen-bond donors (Lipinski definition) is 0. The molecule has 0 atom stereocenters. The molecule has 0 saturated carbocycles. The van der Waals surface area contributed by atoms with Gasteiger partial charge in [-0.2, -0.15) is 4.31 Å². The molecule has 5 rings (SSSR count). The first-order valence-electron chi connectivity index (χ1n) is 12.2. The molecule has 1 aromatic heterocycles. The van der Waals surface area contributed by atoms with Crippen molar-refractivity contribution in [3.63, 3.8) is 0 Å². The van der Waals surface area contributed by atoms with Gasteiger partial charge in [0.05, 0.1) is 17.1 Å². The number of hydrogen-bond acceptors (Lipinski definition) is 6.